The molecule has 7 heteroatoms. The minimum absolute atomic E-state index is 0.628. The summed E-state index contributed by atoms with van der Waals surface area (Å²) in [6.07, 6.45) is 6.18. The maximum atomic E-state index is 4.12. The van der Waals surface area contributed by atoms with Crippen molar-refractivity contribution in [2.24, 2.45) is 4.99 Å². The Kier molecular flexibility index (Phi) is 1.32. The fraction of sp³-hybridized carbons (Fsp3) is 0. The topological polar surface area (TPSA) is 85.8 Å². The molecular weight excluding hydrogens is 182 g/mol. The van der Waals surface area contributed by atoms with Crippen molar-refractivity contribution in [3.8, 4) is 0 Å². The average Bonchev–Trinajstić information content (AvgIpc) is 2.88. The Hall–Kier alpha value is -2.31. The van der Waals surface area contributed by atoms with Gasteiger partial charge >= 0.3 is 5.49 Å². The number of rotatable bonds is 1. The lowest BCUT2D eigenvalue weighted by molar-refractivity contribution is 0.997. The Bertz CT molecular complexity index is 588. The molecule has 0 saturated carbocycles. The molecule has 0 spiro atoms. The Balaban J connectivity index is 2.41. The van der Waals surface area contributed by atoms with E-state index in [4.69, 9.17) is 0 Å². The number of aromatic amines is 1. The van der Waals surface area contributed by atoms with Crippen molar-refractivity contribution >= 4 is 12.2 Å². The minimum atomic E-state index is 0.628. The number of H-pyrrole nitrogens is 1. The van der Waals surface area contributed by atoms with Gasteiger partial charge < -0.3 is 4.98 Å². The van der Waals surface area contributed by atoms with Crippen LogP contribution in [0.15, 0.2) is 24.0 Å². The number of aromatic nitrogens is 5. The third-order valence-electron chi connectivity index (χ3n) is 1.87. The molecule has 2 aromatic heterocycles. The zero-order valence-corrected chi connectivity index (χ0v) is 6.99. The molecule has 7 nitrogen and oxygen atoms in total. The van der Waals surface area contributed by atoms with E-state index in [0.717, 1.165) is 5.35 Å². The zero-order valence-electron chi connectivity index (χ0n) is 6.99. The highest BCUT2D eigenvalue weighted by Crippen LogP contribution is 1.97. The summed E-state index contributed by atoms with van der Waals surface area (Å²) in [5, 5.41) is 8.19. The van der Waals surface area contributed by atoms with Gasteiger partial charge in [-0.15, -0.1) is 10.2 Å². The van der Waals surface area contributed by atoms with Gasteiger partial charge in [0.25, 0.3) is 6.34 Å². The van der Waals surface area contributed by atoms with Gasteiger partial charge in [-0.25, -0.2) is 0 Å². The molecule has 0 amide bonds. The van der Waals surface area contributed by atoms with Crippen LogP contribution in [0, 0.1) is 0 Å². The fourth-order valence-corrected chi connectivity index (χ4v) is 1.26. The maximum Gasteiger partial charge on any atom is 0.327 e. The van der Waals surface area contributed by atoms with Gasteiger partial charge in [0, 0.05) is 0 Å². The van der Waals surface area contributed by atoms with Crippen LogP contribution in [-0.2, 0) is 0 Å². The van der Waals surface area contributed by atoms with Crippen LogP contribution in [-0.4, -0.2) is 31.1 Å². The molecule has 14 heavy (non-hydrogen) atoms. The Morgan fingerprint density at radius 2 is 2.14 bits per heavy atom. The molecule has 0 bridgehead atoms. The van der Waals surface area contributed by atoms with Gasteiger partial charge in [0.1, 0.15) is 12.7 Å². The first kappa shape index (κ1) is 7.13. The smallest absolute Gasteiger partial charge is 0.323 e. The van der Waals surface area contributed by atoms with E-state index in [0.29, 0.717) is 11.3 Å². The highest BCUT2D eigenvalue weighted by atomic mass is 15.3. The molecule has 0 unspecified atom stereocenters. The van der Waals surface area contributed by atoms with Crippen LogP contribution in [0.25, 0.3) is 5.82 Å². The number of hydrogen-bond acceptors (Lipinski definition) is 5. The SMILES string of the molecule is C1=NC(n2cnnc2)=c2[nH]cnc2=[N+]1. The first-order valence-corrected chi connectivity index (χ1v) is 3.94. The molecule has 0 atom stereocenters. The third kappa shape index (κ3) is 0.889. The predicted molar refractivity (Wildman–Crippen MR) is 46.4 cm³/mol. The number of hydrogen-bond donors (Lipinski definition) is 1. The van der Waals surface area contributed by atoms with E-state index in [1.165, 1.54) is 6.34 Å². The molecule has 0 aromatic carbocycles. The lowest BCUT2D eigenvalue weighted by Gasteiger charge is -1.93. The van der Waals surface area contributed by atoms with Crippen molar-refractivity contribution in [2.75, 3.05) is 0 Å². The summed E-state index contributed by atoms with van der Waals surface area (Å²) in [4.78, 5) is 15.1. The van der Waals surface area contributed by atoms with Gasteiger partial charge in [-0.2, -0.15) is 0 Å². The summed E-state index contributed by atoms with van der Waals surface area (Å²) in [5.41, 5.74) is 0.628. The van der Waals surface area contributed by atoms with Crippen LogP contribution in [0.2, 0.25) is 0 Å². The summed E-state index contributed by atoms with van der Waals surface area (Å²) in [5.74, 6) is 0.692. The van der Waals surface area contributed by atoms with Gasteiger partial charge in [-0.1, -0.05) is 15.0 Å². The van der Waals surface area contributed by atoms with E-state index in [2.05, 4.69) is 30.2 Å². The molecule has 0 fully saturated rings. The lowest BCUT2D eigenvalue weighted by atomic mass is 10.5. The van der Waals surface area contributed by atoms with Crippen LogP contribution in [0.3, 0.4) is 0 Å². The second-order valence-corrected chi connectivity index (χ2v) is 2.67. The monoisotopic (exact) mass is 187 g/mol. The largest absolute Gasteiger partial charge is 0.327 e. The molecule has 3 rings (SSSR count). The summed E-state index contributed by atoms with van der Waals surface area (Å²) >= 11 is 0. The average molecular weight is 187 g/mol. The van der Waals surface area contributed by atoms with E-state index in [9.17, 15) is 0 Å². The van der Waals surface area contributed by atoms with Crippen LogP contribution in [0.1, 0.15) is 0 Å². The quantitative estimate of drug-likeness (QED) is 0.540. The molecule has 1 aliphatic heterocycles. The first-order chi connectivity index (χ1) is 6.95. The maximum absolute atomic E-state index is 4.12. The zero-order chi connectivity index (χ0) is 9.38. The van der Waals surface area contributed by atoms with Gasteiger partial charge in [-0.3, -0.25) is 4.57 Å². The molecule has 67 valence electrons. The van der Waals surface area contributed by atoms with Gasteiger partial charge in [0.05, 0.1) is 0 Å². The summed E-state index contributed by atoms with van der Waals surface area (Å²) in [7, 11) is 0. The fourth-order valence-electron chi connectivity index (χ4n) is 1.26. The second kappa shape index (κ2) is 2.59. The van der Waals surface area contributed by atoms with Crippen molar-refractivity contribution < 1.29 is 0 Å². The van der Waals surface area contributed by atoms with E-state index in [-0.39, 0.29) is 0 Å². The molecule has 0 saturated heterocycles. The number of nitrogens with zero attached hydrogens (tertiary/aromatic N) is 6. The van der Waals surface area contributed by atoms with Crippen molar-refractivity contribution in [3.05, 3.63) is 29.8 Å². The van der Waals surface area contributed by atoms with Gasteiger partial charge in [0.15, 0.2) is 11.7 Å². The standard InChI is InChI=1S/C7H5N7/c1-8-5-6(9-1)10-2-11-7(5)14-3-12-13-4-14/h1-4H,(H,8,9)/q+1. The number of fused-ring (bicyclic) bond motifs is 1. The van der Waals surface area contributed by atoms with E-state index in [1.54, 1.807) is 23.5 Å². The molecule has 1 radical (unpaired) electrons. The normalized spacial score (nSPS) is 13.9. The van der Waals surface area contributed by atoms with E-state index >= 15 is 0 Å². The summed E-state index contributed by atoms with van der Waals surface area (Å²) < 4.78 is 1.70. The summed E-state index contributed by atoms with van der Waals surface area (Å²) in [6, 6.07) is 0. The minimum Gasteiger partial charge on any atom is -0.323 e. The Labute approximate surface area is 77.6 Å². The molecule has 3 heterocycles. The van der Waals surface area contributed by atoms with Crippen molar-refractivity contribution in [1.82, 2.24) is 29.7 Å². The number of imidazole rings is 1. The molecule has 1 N–H and O–H groups in total. The molecule has 1 aliphatic rings. The van der Waals surface area contributed by atoms with E-state index < -0.39 is 0 Å². The van der Waals surface area contributed by atoms with Crippen LogP contribution in [0.4, 0.5) is 0 Å². The second-order valence-electron chi connectivity index (χ2n) is 2.67. The van der Waals surface area contributed by atoms with Crippen molar-refractivity contribution in [2.45, 2.75) is 0 Å². The Morgan fingerprint density at radius 1 is 1.29 bits per heavy atom. The lowest BCUT2D eigenvalue weighted by Crippen LogP contribution is -2.36. The molecule has 2 aromatic rings. The van der Waals surface area contributed by atoms with Crippen molar-refractivity contribution in [1.29, 1.82) is 0 Å². The van der Waals surface area contributed by atoms with Crippen molar-refractivity contribution in [3.63, 3.8) is 0 Å². The first-order valence-electron chi connectivity index (χ1n) is 3.94. The molecular formula is C7H5N7+. The summed E-state index contributed by atoms with van der Waals surface area (Å²) in [6.45, 7) is 0. The Morgan fingerprint density at radius 3 is 3.00 bits per heavy atom. The molecule has 0 aliphatic carbocycles. The van der Waals surface area contributed by atoms with Crippen LogP contribution < -0.4 is 15.8 Å². The van der Waals surface area contributed by atoms with Crippen LogP contribution in [0.5, 0.6) is 0 Å². The van der Waals surface area contributed by atoms with E-state index in [1.807, 2.05) is 0 Å². The third-order valence-corrected chi connectivity index (χ3v) is 1.87. The van der Waals surface area contributed by atoms with Gasteiger partial charge in [-0.05, 0) is 0 Å². The van der Waals surface area contributed by atoms with Crippen LogP contribution >= 0.6 is 0 Å². The van der Waals surface area contributed by atoms with Gasteiger partial charge in [0.2, 0.25) is 5.82 Å². The highest BCUT2D eigenvalue weighted by molar-refractivity contribution is 5.63. The highest BCUT2D eigenvalue weighted by Gasteiger charge is 2.13. The predicted octanol–water partition coefficient (Wildman–Crippen LogP) is -2.39. The number of aliphatic imine (C=N–C) groups is 1. The number of nitrogens with one attached hydrogen (secondary N) is 1.